The molecule has 0 aliphatic carbocycles. The van der Waals surface area contributed by atoms with Gasteiger partial charge in [0.1, 0.15) is 5.82 Å². The number of nitrogens with zero attached hydrogens (tertiary/aromatic N) is 2. The molecule has 0 fully saturated rings. The average molecular weight is 273 g/mol. The molecule has 0 radical (unpaired) electrons. The van der Waals surface area contributed by atoms with Gasteiger partial charge in [-0.25, -0.2) is 4.98 Å². The fourth-order valence-corrected chi connectivity index (χ4v) is 1.82. The van der Waals surface area contributed by atoms with Crippen molar-refractivity contribution in [1.29, 1.82) is 0 Å². The molecule has 1 rings (SSSR count). The first kappa shape index (κ1) is 12.5. The van der Waals surface area contributed by atoms with Crippen molar-refractivity contribution in [2.24, 2.45) is 0 Å². The van der Waals surface area contributed by atoms with E-state index >= 15 is 0 Å². The zero-order valence-corrected chi connectivity index (χ0v) is 11.0. The van der Waals surface area contributed by atoms with Gasteiger partial charge in [-0.15, -0.1) is 0 Å². The molecule has 84 valence electrons. The zero-order valence-electron chi connectivity index (χ0n) is 9.37. The van der Waals surface area contributed by atoms with Crippen molar-refractivity contribution in [3.8, 4) is 0 Å². The van der Waals surface area contributed by atoms with Crippen LogP contribution in [0.5, 0.6) is 0 Å². The maximum absolute atomic E-state index is 9.21. The van der Waals surface area contributed by atoms with Gasteiger partial charge < -0.3 is 10.0 Å². The molecule has 1 aromatic heterocycles. The summed E-state index contributed by atoms with van der Waals surface area (Å²) in [6, 6.07) is 1.97. The third-order valence-electron chi connectivity index (χ3n) is 2.31. The Hall–Kier alpha value is -0.610. The maximum atomic E-state index is 9.21. The third kappa shape index (κ3) is 3.47. The fraction of sp³-hybridized carbons (Fsp3) is 0.545. The largest absolute Gasteiger partial charge is 0.393 e. The summed E-state index contributed by atoms with van der Waals surface area (Å²) >= 11 is 3.52. The molecule has 1 unspecified atom stereocenters. The Morgan fingerprint density at radius 2 is 2.27 bits per heavy atom. The molecular formula is C11H17BrN2O. The Morgan fingerprint density at radius 1 is 1.60 bits per heavy atom. The second-order valence-corrected chi connectivity index (χ2v) is 4.62. The third-order valence-corrected chi connectivity index (χ3v) is 3.29. The molecule has 0 aliphatic heterocycles. The molecule has 0 bridgehead atoms. The number of aliphatic hydroxyl groups is 1. The molecule has 1 atom stereocenters. The normalized spacial score (nSPS) is 12.6. The number of anilines is 1. The van der Waals surface area contributed by atoms with Crippen LogP contribution in [0.15, 0.2) is 16.7 Å². The lowest BCUT2D eigenvalue weighted by atomic mass is 10.2. The topological polar surface area (TPSA) is 36.4 Å². The lowest BCUT2D eigenvalue weighted by molar-refractivity contribution is 0.187. The highest BCUT2D eigenvalue weighted by molar-refractivity contribution is 9.10. The van der Waals surface area contributed by atoms with Gasteiger partial charge in [0.25, 0.3) is 0 Å². The van der Waals surface area contributed by atoms with E-state index in [1.165, 1.54) is 5.56 Å². The molecular weight excluding hydrogens is 256 g/mol. The molecule has 0 aromatic carbocycles. The van der Waals surface area contributed by atoms with E-state index < -0.39 is 0 Å². The first-order valence-electron chi connectivity index (χ1n) is 5.02. The minimum Gasteiger partial charge on any atom is -0.393 e. The van der Waals surface area contributed by atoms with Gasteiger partial charge in [-0.2, -0.15) is 0 Å². The monoisotopic (exact) mass is 272 g/mol. The Labute approximate surface area is 99.3 Å². The quantitative estimate of drug-likeness (QED) is 0.914. The predicted octanol–water partition coefficient (Wildman–Crippen LogP) is 2.36. The second-order valence-electron chi connectivity index (χ2n) is 3.82. The lowest BCUT2D eigenvalue weighted by Gasteiger charge is -2.20. The van der Waals surface area contributed by atoms with E-state index in [0.717, 1.165) is 23.3 Å². The van der Waals surface area contributed by atoms with Gasteiger partial charge in [-0.1, -0.05) is 0 Å². The van der Waals surface area contributed by atoms with Crippen LogP contribution in [0.25, 0.3) is 0 Å². The van der Waals surface area contributed by atoms with Crippen LogP contribution >= 0.6 is 15.9 Å². The summed E-state index contributed by atoms with van der Waals surface area (Å²) in [4.78, 5) is 6.36. The first-order valence-corrected chi connectivity index (χ1v) is 5.82. The number of aromatic nitrogens is 1. The summed E-state index contributed by atoms with van der Waals surface area (Å²) in [6.45, 7) is 4.64. The zero-order chi connectivity index (χ0) is 11.4. The summed E-state index contributed by atoms with van der Waals surface area (Å²) in [6.07, 6.45) is 2.28. The SMILES string of the molecule is Cc1ccnc(N(C)CCC(C)O)c1Br. The standard InChI is InChI=1S/C11H17BrN2O/c1-8-4-6-13-11(10(8)12)14(3)7-5-9(2)15/h4,6,9,15H,5,7H2,1-3H3. The van der Waals surface area contributed by atoms with Crippen molar-refractivity contribution in [2.45, 2.75) is 26.4 Å². The molecule has 0 spiro atoms. The van der Waals surface area contributed by atoms with Crippen LogP contribution in [0.4, 0.5) is 5.82 Å². The van der Waals surface area contributed by atoms with Crippen LogP contribution < -0.4 is 4.90 Å². The highest BCUT2D eigenvalue weighted by Crippen LogP contribution is 2.25. The van der Waals surface area contributed by atoms with Crippen molar-refractivity contribution in [3.05, 3.63) is 22.3 Å². The molecule has 1 heterocycles. The minimum absolute atomic E-state index is 0.268. The predicted molar refractivity (Wildman–Crippen MR) is 66.2 cm³/mol. The van der Waals surface area contributed by atoms with E-state index in [1.807, 2.05) is 24.9 Å². The van der Waals surface area contributed by atoms with Crippen LogP contribution in [0.3, 0.4) is 0 Å². The number of hydrogen-bond acceptors (Lipinski definition) is 3. The van der Waals surface area contributed by atoms with E-state index in [0.29, 0.717) is 0 Å². The molecule has 3 nitrogen and oxygen atoms in total. The highest BCUT2D eigenvalue weighted by atomic mass is 79.9. The maximum Gasteiger partial charge on any atom is 0.142 e. The summed E-state index contributed by atoms with van der Waals surface area (Å²) < 4.78 is 1.03. The minimum atomic E-state index is -0.268. The van der Waals surface area contributed by atoms with E-state index in [4.69, 9.17) is 0 Å². The molecule has 0 aliphatic rings. The van der Waals surface area contributed by atoms with E-state index in [1.54, 1.807) is 13.1 Å². The molecule has 15 heavy (non-hydrogen) atoms. The Kier molecular flexibility index (Phi) is 4.54. The van der Waals surface area contributed by atoms with Gasteiger partial charge in [0, 0.05) is 19.8 Å². The number of aliphatic hydroxyl groups excluding tert-OH is 1. The molecule has 0 saturated carbocycles. The van der Waals surface area contributed by atoms with Crippen molar-refractivity contribution in [1.82, 2.24) is 4.98 Å². The number of halogens is 1. The lowest BCUT2D eigenvalue weighted by Crippen LogP contribution is -2.23. The summed E-state index contributed by atoms with van der Waals surface area (Å²) in [5, 5.41) is 9.21. The van der Waals surface area contributed by atoms with E-state index in [9.17, 15) is 5.11 Å². The number of rotatable bonds is 4. The van der Waals surface area contributed by atoms with Gasteiger partial charge in [0.2, 0.25) is 0 Å². The number of pyridine rings is 1. The second kappa shape index (κ2) is 5.47. The molecule has 1 N–H and O–H groups in total. The van der Waals surface area contributed by atoms with Crippen LogP contribution in [0.2, 0.25) is 0 Å². The Morgan fingerprint density at radius 3 is 2.87 bits per heavy atom. The average Bonchev–Trinajstić information content (AvgIpc) is 2.18. The fourth-order valence-electron chi connectivity index (χ4n) is 1.28. The molecule has 0 amide bonds. The van der Waals surface area contributed by atoms with Gasteiger partial charge in [0.05, 0.1) is 10.6 Å². The summed E-state index contributed by atoms with van der Waals surface area (Å²) in [5.74, 6) is 0.927. The molecule has 1 aromatic rings. The highest BCUT2D eigenvalue weighted by Gasteiger charge is 2.09. The van der Waals surface area contributed by atoms with Crippen LogP contribution in [-0.2, 0) is 0 Å². The molecule has 4 heteroatoms. The van der Waals surface area contributed by atoms with E-state index in [-0.39, 0.29) is 6.10 Å². The Balaban J connectivity index is 2.73. The molecule has 0 saturated heterocycles. The van der Waals surface area contributed by atoms with Gasteiger partial charge in [-0.05, 0) is 47.8 Å². The van der Waals surface area contributed by atoms with Gasteiger partial charge in [-0.3, -0.25) is 0 Å². The van der Waals surface area contributed by atoms with Crippen molar-refractivity contribution < 1.29 is 5.11 Å². The Bertz CT molecular complexity index is 328. The first-order chi connectivity index (χ1) is 7.02. The van der Waals surface area contributed by atoms with Crippen molar-refractivity contribution >= 4 is 21.7 Å². The van der Waals surface area contributed by atoms with E-state index in [2.05, 4.69) is 20.9 Å². The van der Waals surface area contributed by atoms with Crippen molar-refractivity contribution in [2.75, 3.05) is 18.5 Å². The van der Waals surface area contributed by atoms with Crippen LogP contribution in [-0.4, -0.2) is 29.8 Å². The van der Waals surface area contributed by atoms with Gasteiger partial charge in [0.15, 0.2) is 0 Å². The van der Waals surface area contributed by atoms with Crippen LogP contribution in [0.1, 0.15) is 18.9 Å². The van der Waals surface area contributed by atoms with Gasteiger partial charge >= 0.3 is 0 Å². The summed E-state index contributed by atoms with van der Waals surface area (Å²) in [7, 11) is 1.98. The summed E-state index contributed by atoms with van der Waals surface area (Å²) in [5.41, 5.74) is 1.17. The number of hydrogen-bond donors (Lipinski definition) is 1. The number of aryl methyl sites for hydroxylation is 1. The smallest absolute Gasteiger partial charge is 0.142 e. The van der Waals surface area contributed by atoms with Crippen LogP contribution in [0, 0.1) is 6.92 Å². The van der Waals surface area contributed by atoms with Crippen molar-refractivity contribution in [3.63, 3.8) is 0 Å².